The van der Waals surface area contributed by atoms with Crippen LogP contribution >= 0.6 is 11.3 Å². The molecule has 1 heterocycles. The second-order valence-electron chi connectivity index (χ2n) is 3.74. The maximum Gasteiger partial charge on any atom is 0.271 e. The van der Waals surface area contributed by atoms with E-state index < -0.39 is 0 Å². The highest BCUT2D eigenvalue weighted by molar-refractivity contribution is 7.12. The van der Waals surface area contributed by atoms with Gasteiger partial charge in [0.25, 0.3) is 5.91 Å². The average Bonchev–Trinajstić information content (AvgIpc) is 2.90. The smallest absolute Gasteiger partial charge is 0.271 e. The van der Waals surface area contributed by atoms with Crippen LogP contribution in [0.5, 0.6) is 0 Å². The van der Waals surface area contributed by atoms with Gasteiger partial charge < -0.3 is 5.73 Å². The highest BCUT2D eigenvalue weighted by atomic mass is 32.1. The van der Waals surface area contributed by atoms with Crippen molar-refractivity contribution in [3.63, 3.8) is 0 Å². The summed E-state index contributed by atoms with van der Waals surface area (Å²) < 4.78 is 0. The number of carbonyl (C=O) groups is 1. The van der Waals surface area contributed by atoms with Crippen LogP contribution in [0.1, 0.15) is 22.2 Å². The molecule has 4 nitrogen and oxygen atoms in total. The minimum Gasteiger partial charge on any atom is -0.399 e. The first-order chi connectivity index (χ1) is 8.66. The van der Waals surface area contributed by atoms with Crippen LogP contribution in [0.2, 0.25) is 0 Å². The molecule has 0 bridgehead atoms. The predicted octanol–water partition coefficient (Wildman–Crippen LogP) is 2.48. The van der Waals surface area contributed by atoms with Crippen LogP contribution in [0, 0.1) is 0 Å². The van der Waals surface area contributed by atoms with Gasteiger partial charge in [-0.15, -0.1) is 11.3 Å². The van der Waals surface area contributed by atoms with Crippen molar-refractivity contribution in [2.24, 2.45) is 5.10 Å². The van der Waals surface area contributed by atoms with Gasteiger partial charge >= 0.3 is 0 Å². The van der Waals surface area contributed by atoms with Gasteiger partial charge in [0.1, 0.15) is 0 Å². The number of nitrogens with one attached hydrogen (secondary N) is 1. The molecule has 3 N–H and O–H groups in total. The number of benzene rings is 1. The van der Waals surface area contributed by atoms with Crippen LogP contribution in [0.25, 0.3) is 0 Å². The van der Waals surface area contributed by atoms with Gasteiger partial charge in [-0.3, -0.25) is 4.79 Å². The SMILES string of the molecule is C/C(=N/NC(=O)c1ccc(N)cc1)c1cccs1. The minimum atomic E-state index is -0.245. The van der Waals surface area contributed by atoms with Crippen molar-refractivity contribution in [3.8, 4) is 0 Å². The van der Waals surface area contributed by atoms with E-state index in [2.05, 4.69) is 10.5 Å². The summed E-state index contributed by atoms with van der Waals surface area (Å²) in [6.45, 7) is 1.86. The Morgan fingerprint density at radius 2 is 2.00 bits per heavy atom. The highest BCUT2D eigenvalue weighted by Crippen LogP contribution is 2.09. The normalized spacial score (nSPS) is 11.3. The third kappa shape index (κ3) is 2.95. The van der Waals surface area contributed by atoms with Gasteiger partial charge in [-0.05, 0) is 42.6 Å². The van der Waals surface area contributed by atoms with E-state index >= 15 is 0 Å². The number of carbonyl (C=O) groups excluding carboxylic acids is 1. The number of amides is 1. The molecule has 0 fully saturated rings. The summed E-state index contributed by atoms with van der Waals surface area (Å²) in [6.07, 6.45) is 0. The summed E-state index contributed by atoms with van der Waals surface area (Å²) in [4.78, 5) is 12.8. The fraction of sp³-hybridized carbons (Fsp3) is 0.0769. The second kappa shape index (κ2) is 5.46. The van der Waals surface area contributed by atoms with Crippen LogP contribution in [0.15, 0.2) is 46.9 Å². The molecule has 0 atom stereocenters. The number of rotatable bonds is 3. The Kier molecular flexibility index (Phi) is 3.74. The molecule has 2 aromatic rings. The molecule has 0 aliphatic rings. The van der Waals surface area contributed by atoms with E-state index in [9.17, 15) is 4.79 Å². The summed E-state index contributed by atoms with van der Waals surface area (Å²) in [6, 6.07) is 10.6. The minimum absolute atomic E-state index is 0.245. The van der Waals surface area contributed by atoms with Crippen molar-refractivity contribution < 1.29 is 4.79 Å². The van der Waals surface area contributed by atoms with E-state index in [4.69, 9.17) is 5.73 Å². The van der Waals surface area contributed by atoms with Gasteiger partial charge in [0.15, 0.2) is 0 Å². The molecule has 2 rings (SSSR count). The van der Waals surface area contributed by atoms with Gasteiger partial charge in [0, 0.05) is 16.1 Å². The van der Waals surface area contributed by atoms with Gasteiger partial charge in [0.05, 0.1) is 5.71 Å². The summed E-state index contributed by atoms with van der Waals surface area (Å²) in [5.74, 6) is -0.245. The van der Waals surface area contributed by atoms with Crippen LogP contribution in [-0.2, 0) is 0 Å². The number of hydrazone groups is 1. The molecule has 92 valence electrons. The molecule has 0 aliphatic carbocycles. The zero-order valence-electron chi connectivity index (χ0n) is 9.88. The maximum atomic E-state index is 11.8. The first kappa shape index (κ1) is 12.3. The number of anilines is 1. The molecule has 0 aliphatic heterocycles. The zero-order valence-corrected chi connectivity index (χ0v) is 10.7. The van der Waals surface area contributed by atoms with E-state index in [1.807, 2.05) is 24.4 Å². The Morgan fingerprint density at radius 1 is 1.28 bits per heavy atom. The van der Waals surface area contributed by atoms with Crippen LogP contribution in [-0.4, -0.2) is 11.6 Å². The van der Waals surface area contributed by atoms with Crippen LogP contribution < -0.4 is 11.2 Å². The first-order valence-electron chi connectivity index (χ1n) is 5.41. The zero-order chi connectivity index (χ0) is 13.0. The number of hydrogen-bond donors (Lipinski definition) is 2. The van der Waals surface area contributed by atoms with Crippen LogP contribution in [0.4, 0.5) is 5.69 Å². The van der Waals surface area contributed by atoms with Crippen molar-refractivity contribution in [1.29, 1.82) is 0 Å². The van der Waals surface area contributed by atoms with E-state index in [0.717, 1.165) is 10.6 Å². The largest absolute Gasteiger partial charge is 0.399 e. The molecule has 1 amide bonds. The lowest BCUT2D eigenvalue weighted by atomic mass is 10.2. The van der Waals surface area contributed by atoms with E-state index in [1.165, 1.54) is 0 Å². The average molecular weight is 259 g/mol. The lowest BCUT2D eigenvalue weighted by molar-refractivity contribution is 0.0955. The molecule has 1 aromatic carbocycles. The standard InChI is InChI=1S/C13H13N3OS/c1-9(12-3-2-8-18-12)15-16-13(17)10-4-6-11(14)7-5-10/h2-8H,14H2,1H3,(H,16,17)/b15-9-. The summed E-state index contributed by atoms with van der Waals surface area (Å²) >= 11 is 1.58. The fourth-order valence-corrected chi connectivity index (χ4v) is 2.05. The molecule has 0 spiro atoms. The second-order valence-corrected chi connectivity index (χ2v) is 4.69. The number of thiophene rings is 1. The van der Waals surface area contributed by atoms with Gasteiger partial charge in [-0.1, -0.05) is 6.07 Å². The quantitative estimate of drug-likeness (QED) is 0.505. The van der Waals surface area contributed by atoms with Crippen molar-refractivity contribution in [2.75, 3.05) is 5.73 Å². The van der Waals surface area contributed by atoms with E-state index in [0.29, 0.717) is 11.3 Å². The summed E-state index contributed by atoms with van der Waals surface area (Å²) in [5, 5.41) is 6.03. The summed E-state index contributed by atoms with van der Waals surface area (Å²) in [7, 11) is 0. The fourth-order valence-electron chi connectivity index (χ4n) is 1.37. The molecular weight excluding hydrogens is 246 g/mol. The summed E-state index contributed by atoms with van der Waals surface area (Å²) in [5.41, 5.74) is 10.0. The van der Waals surface area contributed by atoms with E-state index in [1.54, 1.807) is 35.6 Å². The predicted molar refractivity (Wildman–Crippen MR) is 74.9 cm³/mol. The molecule has 1 aromatic heterocycles. The van der Waals surface area contributed by atoms with Gasteiger partial charge in [-0.25, -0.2) is 5.43 Å². The lowest BCUT2D eigenvalue weighted by Crippen LogP contribution is -2.19. The molecule has 0 saturated carbocycles. The Balaban J connectivity index is 2.04. The molecule has 0 saturated heterocycles. The Hall–Kier alpha value is -2.14. The van der Waals surface area contributed by atoms with Gasteiger partial charge in [-0.2, -0.15) is 5.10 Å². The third-order valence-electron chi connectivity index (χ3n) is 2.38. The molecule has 5 heteroatoms. The lowest BCUT2D eigenvalue weighted by Gasteiger charge is -2.01. The van der Waals surface area contributed by atoms with Gasteiger partial charge in [0.2, 0.25) is 0 Å². The van der Waals surface area contributed by atoms with Crippen molar-refractivity contribution in [1.82, 2.24) is 5.43 Å². The Labute approximate surface area is 109 Å². The number of nitrogens with zero attached hydrogens (tertiary/aromatic N) is 1. The Morgan fingerprint density at radius 3 is 2.61 bits per heavy atom. The number of hydrogen-bond acceptors (Lipinski definition) is 4. The number of nitrogen functional groups attached to an aromatic ring is 1. The van der Waals surface area contributed by atoms with Crippen molar-refractivity contribution >= 4 is 28.6 Å². The maximum absolute atomic E-state index is 11.8. The van der Waals surface area contributed by atoms with Crippen LogP contribution in [0.3, 0.4) is 0 Å². The molecular formula is C13H13N3OS. The van der Waals surface area contributed by atoms with Crippen molar-refractivity contribution in [3.05, 3.63) is 52.2 Å². The Bertz CT molecular complexity index is 558. The number of nitrogens with two attached hydrogens (primary N) is 1. The monoisotopic (exact) mass is 259 g/mol. The van der Waals surface area contributed by atoms with E-state index in [-0.39, 0.29) is 5.91 Å². The molecule has 0 radical (unpaired) electrons. The highest BCUT2D eigenvalue weighted by Gasteiger charge is 2.04. The third-order valence-corrected chi connectivity index (χ3v) is 3.35. The van der Waals surface area contributed by atoms with Crippen molar-refractivity contribution in [2.45, 2.75) is 6.92 Å². The molecule has 0 unspecified atom stereocenters. The molecule has 18 heavy (non-hydrogen) atoms. The first-order valence-corrected chi connectivity index (χ1v) is 6.29. The topological polar surface area (TPSA) is 67.5 Å².